The molecule has 0 aromatic carbocycles. The van der Waals surface area contributed by atoms with Crippen molar-refractivity contribution in [2.75, 3.05) is 12.9 Å². The SMILES string of the molecule is CS(=O)(=O)c1cnc(OCC(F)(F)F)c(C=O)c1. The van der Waals surface area contributed by atoms with Gasteiger partial charge in [0.1, 0.15) is 0 Å². The van der Waals surface area contributed by atoms with Crippen LogP contribution in [-0.2, 0) is 9.84 Å². The zero-order valence-corrected chi connectivity index (χ0v) is 9.88. The van der Waals surface area contributed by atoms with Gasteiger partial charge in [-0.1, -0.05) is 0 Å². The van der Waals surface area contributed by atoms with Crippen molar-refractivity contribution < 1.29 is 31.1 Å². The smallest absolute Gasteiger partial charge is 0.422 e. The maximum Gasteiger partial charge on any atom is 0.422 e. The van der Waals surface area contributed by atoms with Crippen LogP contribution >= 0.6 is 0 Å². The fourth-order valence-corrected chi connectivity index (χ4v) is 1.59. The van der Waals surface area contributed by atoms with Crippen LogP contribution in [0.3, 0.4) is 0 Å². The number of hydrogen-bond acceptors (Lipinski definition) is 5. The summed E-state index contributed by atoms with van der Waals surface area (Å²) in [6.45, 7) is -1.61. The van der Waals surface area contributed by atoms with Gasteiger partial charge in [0, 0.05) is 12.5 Å². The predicted molar refractivity (Wildman–Crippen MR) is 54.3 cm³/mol. The highest BCUT2D eigenvalue weighted by Crippen LogP contribution is 2.21. The molecule has 100 valence electrons. The molecule has 0 saturated heterocycles. The zero-order valence-electron chi connectivity index (χ0n) is 9.06. The Hall–Kier alpha value is -1.64. The van der Waals surface area contributed by atoms with Gasteiger partial charge in [0.15, 0.2) is 22.7 Å². The Morgan fingerprint density at radius 1 is 1.44 bits per heavy atom. The number of hydrogen-bond donors (Lipinski definition) is 0. The Kier molecular flexibility index (Phi) is 3.95. The van der Waals surface area contributed by atoms with E-state index >= 15 is 0 Å². The molecule has 0 N–H and O–H groups in total. The Balaban J connectivity index is 3.05. The van der Waals surface area contributed by atoms with Gasteiger partial charge in [-0.15, -0.1) is 0 Å². The minimum atomic E-state index is -4.57. The maximum absolute atomic E-state index is 11.9. The van der Waals surface area contributed by atoms with Gasteiger partial charge in [0.25, 0.3) is 0 Å². The number of nitrogens with zero attached hydrogens (tertiary/aromatic N) is 1. The third-order valence-corrected chi connectivity index (χ3v) is 2.86. The van der Waals surface area contributed by atoms with Crippen LogP contribution in [0.2, 0.25) is 0 Å². The van der Waals surface area contributed by atoms with Crippen molar-refractivity contribution in [2.24, 2.45) is 0 Å². The van der Waals surface area contributed by atoms with Crippen LogP contribution < -0.4 is 4.74 Å². The molecule has 0 aliphatic heterocycles. The third kappa shape index (κ3) is 3.99. The highest BCUT2D eigenvalue weighted by atomic mass is 32.2. The molecule has 5 nitrogen and oxygen atoms in total. The first-order valence-electron chi connectivity index (χ1n) is 4.48. The zero-order chi connectivity index (χ0) is 14.0. The maximum atomic E-state index is 11.9. The minimum absolute atomic E-state index is 0.174. The van der Waals surface area contributed by atoms with E-state index in [0.717, 1.165) is 18.5 Å². The molecule has 0 fully saturated rings. The Labute approximate surface area is 101 Å². The number of carbonyl (C=O) groups is 1. The molecule has 0 spiro atoms. The molecule has 0 aliphatic rings. The monoisotopic (exact) mass is 283 g/mol. The fraction of sp³-hybridized carbons (Fsp3) is 0.333. The molecule has 0 atom stereocenters. The number of pyridine rings is 1. The number of aldehydes is 1. The standard InChI is InChI=1S/C9H8F3NO4S/c1-18(15,16)7-2-6(4-14)8(13-3-7)17-5-9(10,11)12/h2-4H,5H2,1H3. The van der Waals surface area contributed by atoms with Crippen molar-refractivity contribution in [3.63, 3.8) is 0 Å². The molecule has 1 heterocycles. The van der Waals surface area contributed by atoms with Crippen LogP contribution in [0.25, 0.3) is 0 Å². The molecule has 0 saturated carbocycles. The van der Waals surface area contributed by atoms with Gasteiger partial charge in [-0.05, 0) is 6.07 Å². The van der Waals surface area contributed by atoms with Crippen LogP contribution in [0.15, 0.2) is 17.2 Å². The topological polar surface area (TPSA) is 73.3 Å². The van der Waals surface area contributed by atoms with Crippen molar-refractivity contribution in [3.05, 3.63) is 17.8 Å². The van der Waals surface area contributed by atoms with E-state index in [4.69, 9.17) is 0 Å². The summed E-state index contributed by atoms with van der Waals surface area (Å²) < 4.78 is 62.3. The predicted octanol–water partition coefficient (Wildman–Crippen LogP) is 1.24. The molecule has 0 unspecified atom stereocenters. The Morgan fingerprint density at radius 2 is 2.06 bits per heavy atom. The Bertz CT molecular complexity index is 553. The summed E-state index contributed by atoms with van der Waals surface area (Å²) in [5.41, 5.74) is -0.359. The second kappa shape index (κ2) is 4.92. The van der Waals surface area contributed by atoms with Crippen molar-refractivity contribution in [1.29, 1.82) is 0 Å². The van der Waals surface area contributed by atoms with E-state index in [1.54, 1.807) is 0 Å². The van der Waals surface area contributed by atoms with Gasteiger partial charge < -0.3 is 4.74 Å². The molecule has 0 aliphatic carbocycles. The molecular weight excluding hydrogens is 275 g/mol. The van der Waals surface area contributed by atoms with Gasteiger partial charge >= 0.3 is 6.18 Å². The molecule has 1 rings (SSSR count). The summed E-state index contributed by atoms with van der Waals surface area (Å²) in [6, 6.07) is 0.904. The van der Waals surface area contributed by atoms with Gasteiger partial charge in [-0.3, -0.25) is 4.79 Å². The number of rotatable bonds is 4. The van der Waals surface area contributed by atoms with Gasteiger partial charge in [0.2, 0.25) is 5.88 Å². The summed E-state index contributed by atoms with van der Waals surface area (Å²) >= 11 is 0. The molecule has 0 radical (unpaired) electrons. The number of ether oxygens (including phenoxy) is 1. The highest BCUT2D eigenvalue weighted by molar-refractivity contribution is 7.90. The first-order chi connectivity index (χ1) is 8.13. The number of aromatic nitrogens is 1. The average molecular weight is 283 g/mol. The van der Waals surface area contributed by atoms with Gasteiger partial charge in [-0.25, -0.2) is 13.4 Å². The second-order valence-corrected chi connectivity index (χ2v) is 5.38. The molecule has 0 bridgehead atoms. The first-order valence-corrected chi connectivity index (χ1v) is 6.37. The summed E-state index contributed by atoms with van der Waals surface area (Å²) in [6.07, 6.45) is -2.69. The normalized spacial score (nSPS) is 12.2. The van der Waals surface area contributed by atoms with Crippen LogP contribution in [0.5, 0.6) is 5.88 Å². The fourth-order valence-electron chi connectivity index (χ4n) is 1.01. The average Bonchev–Trinajstić information content (AvgIpc) is 2.23. The van der Waals surface area contributed by atoms with Crippen molar-refractivity contribution in [2.45, 2.75) is 11.1 Å². The minimum Gasteiger partial charge on any atom is -0.467 e. The first kappa shape index (κ1) is 14.4. The van der Waals surface area contributed by atoms with E-state index in [2.05, 4.69) is 9.72 Å². The summed E-state index contributed by atoms with van der Waals surface area (Å²) in [7, 11) is -3.59. The lowest BCUT2D eigenvalue weighted by molar-refractivity contribution is -0.154. The molecular formula is C9H8F3NO4S. The van der Waals surface area contributed by atoms with E-state index in [9.17, 15) is 26.4 Å². The number of sulfone groups is 1. The number of carbonyl (C=O) groups excluding carboxylic acids is 1. The highest BCUT2D eigenvalue weighted by Gasteiger charge is 2.29. The molecule has 1 aromatic rings. The Morgan fingerprint density at radius 3 is 2.50 bits per heavy atom. The summed E-state index contributed by atoms with van der Waals surface area (Å²) in [4.78, 5) is 13.7. The third-order valence-electron chi connectivity index (χ3n) is 1.78. The molecule has 9 heteroatoms. The van der Waals surface area contributed by atoms with Crippen LogP contribution in [0.1, 0.15) is 10.4 Å². The quantitative estimate of drug-likeness (QED) is 0.777. The van der Waals surface area contributed by atoms with E-state index in [1.807, 2.05) is 0 Å². The molecule has 1 aromatic heterocycles. The number of halogens is 3. The lowest BCUT2D eigenvalue weighted by atomic mass is 10.3. The largest absolute Gasteiger partial charge is 0.467 e. The van der Waals surface area contributed by atoms with Gasteiger partial charge in [-0.2, -0.15) is 13.2 Å². The van der Waals surface area contributed by atoms with Gasteiger partial charge in [0.05, 0.1) is 10.5 Å². The molecule has 0 amide bonds. The van der Waals surface area contributed by atoms with Crippen molar-refractivity contribution in [1.82, 2.24) is 4.98 Å². The van der Waals surface area contributed by atoms with E-state index < -0.39 is 28.5 Å². The number of alkyl halides is 3. The van der Waals surface area contributed by atoms with E-state index in [0.29, 0.717) is 0 Å². The summed E-state index contributed by atoms with van der Waals surface area (Å²) in [5, 5.41) is 0. The summed E-state index contributed by atoms with van der Waals surface area (Å²) in [5.74, 6) is -0.560. The molecule has 18 heavy (non-hydrogen) atoms. The lowest BCUT2D eigenvalue weighted by Gasteiger charge is -2.10. The lowest BCUT2D eigenvalue weighted by Crippen LogP contribution is -2.20. The van der Waals surface area contributed by atoms with E-state index in [-0.39, 0.29) is 16.7 Å². The van der Waals surface area contributed by atoms with Crippen LogP contribution in [-0.4, -0.2) is 38.7 Å². The van der Waals surface area contributed by atoms with Crippen LogP contribution in [0.4, 0.5) is 13.2 Å². The van der Waals surface area contributed by atoms with Crippen LogP contribution in [0, 0.1) is 0 Å². The van der Waals surface area contributed by atoms with Crippen molar-refractivity contribution >= 4 is 16.1 Å². The van der Waals surface area contributed by atoms with E-state index in [1.165, 1.54) is 0 Å². The van der Waals surface area contributed by atoms with Crippen molar-refractivity contribution in [3.8, 4) is 5.88 Å². The second-order valence-electron chi connectivity index (χ2n) is 3.36.